The van der Waals surface area contributed by atoms with Crippen LogP contribution < -0.4 is 15.8 Å². The van der Waals surface area contributed by atoms with Gasteiger partial charge in [-0.25, -0.2) is 13.1 Å². The zero-order valence-corrected chi connectivity index (χ0v) is 10.4. The summed E-state index contributed by atoms with van der Waals surface area (Å²) in [5.74, 6) is -0.0336. The molecule has 0 heterocycles. The predicted octanol–water partition coefficient (Wildman–Crippen LogP) is 0.883. The van der Waals surface area contributed by atoms with E-state index in [-0.39, 0.29) is 12.3 Å². The minimum atomic E-state index is -3.21. The first kappa shape index (κ1) is 13.1. The molecule has 0 saturated heterocycles. The highest BCUT2D eigenvalue weighted by Gasteiger charge is 2.08. The Bertz CT molecular complexity index is 442. The monoisotopic (exact) mass is 263 g/mol. The van der Waals surface area contributed by atoms with Gasteiger partial charge in [-0.1, -0.05) is 17.7 Å². The van der Waals surface area contributed by atoms with Crippen LogP contribution in [0.25, 0.3) is 0 Å². The smallest absolute Gasteiger partial charge is 0.213 e. The Kier molecular flexibility index (Phi) is 4.40. The molecule has 0 saturated carbocycles. The van der Waals surface area contributed by atoms with Gasteiger partial charge in [0.15, 0.2) is 0 Å². The predicted molar refractivity (Wildman–Crippen MR) is 67.2 cm³/mol. The van der Waals surface area contributed by atoms with Crippen molar-refractivity contribution in [2.45, 2.75) is 0 Å². The Morgan fingerprint density at radius 2 is 2.12 bits per heavy atom. The lowest BCUT2D eigenvalue weighted by atomic mass is 10.2. The molecule has 0 aromatic heterocycles. The molecular weight excluding hydrogens is 250 g/mol. The number of anilines is 2. The first-order chi connectivity index (χ1) is 7.46. The van der Waals surface area contributed by atoms with Crippen LogP contribution in [0.4, 0.5) is 11.4 Å². The van der Waals surface area contributed by atoms with Crippen molar-refractivity contribution in [2.24, 2.45) is 0 Å². The average molecular weight is 264 g/mol. The first-order valence-electron chi connectivity index (χ1n) is 4.65. The molecule has 0 bridgehead atoms. The number of rotatable bonds is 5. The maximum absolute atomic E-state index is 11.1. The molecule has 1 aromatic rings. The summed E-state index contributed by atoms with van der Waals surface area (Å²) >= 11 is 5.91. The fourth-order valence-corrected chi connectivity index (χ4v) is 1.96. The molecule has 0 aliphatic carbocycles. The van der Waals surface area contributed by atoms with Gasteiger partial charge in [0.2, 0.25) is 10.0 Å². The Morgan fingerprint density at radius 3 is 2.69 bits per heavy atom. The third-order valence-corrected chi connectivity index (χ3v) is 3.71. The van der Waals surface area contributed by atoms with Crippen LogP contribution in [0.5, 0.6) is 0 Å². The summed E-state index contributed by atoms with van der Waals surface area (Å²) in [6, 6.07) is 5.11. The summed E-state index contributed by atoms with van der Waals surface area (Å²) in [6.45, 7) is 0.247. The normalized spacial score (nSPS) is 11.4. The molecule has 0 unspecified atom stereocenters. The molecule has 1 aromatic carbocycles. The lowest BCUT2D eigenvalue weighted by molar-refractivity contribution is 0.588. The molecule has 0 atom stereocenters. The van der Waals surface area contributed by atoms with Gasteiger partial charge >= 0.3 is 0 Å². The summed E-state index contributed by atoms with van der Waals surface area (Å²) in [7, 11) is -1.84. The van der Waals surface area contributed by atoms with Crippen LogP contribution in [0.2, 0.25) is 5.02 Å². The zero-order valence-electron chi connectivity index (χ0n) is 8.83. The van der Waals surface area contributed by atoms with Gasteiger partial charge in [-0.15, -0.1) is 0 Å². The number of para-hydroxylation sites is 1. The molecule has 0 spiro atoms. The maximum atomic E-state index is 11.1. The van der Waals surface area contributed by atoms with Crippen LogP contribution in [0.15, 0.2) is 18.2 Å². The van der Waals surface area contributed by atoms with Crippen molar-refractivity contribution in [3.05, 3.63) is 23.2 Å². The second kappa shape index (κ2) is 5.38. The van der Waals surface area contributed by atoms with Crippen molar-refractivity contribution in [3.8, 4) is 0 Å². The third kappa shape index (κ3) is 3.55. The second-order valence-corrected chi connectivity index (χ2v) is 5.61. The molecule has 0 fully saturated rings. The van der Waals surface area contributed by atoms with Crippen molar-refractivity contribution >= 4 is 33.0 Å². The van der Waals surface area contributed by atoms with E-state index in [9.17, 15) is 8.42 Å². The lowest BCUT2D eigenvalue weighted by Crippen LogP contribution is -2.26. The molecular formula is C9H14ClN3O2S. The van der Waals surface area contributed by atoms with E-state index in [0.717, 1.165) is 0 Å². The highest BCUT2D eigenvalue weighted by Crippen LogP contribution is 2.27. The van der Waals surface area contributed by atoms with Crippen LogP contribution in [0.3, 0.4) is 0 Å². The second-order valence-electron chi connectivity index (χ2n) is 3.15. The SMILES string of the molecule is CNS(=O)(=O)CCNc1c(N)cccc1Cl. The van der Waals surface area contributed by atoms with Crippen LogP contribution in [0.1, 0.15) is 0 Å². The summed E-state index contributed by atoms with van der Waals surface area (Å²) in [6.07, 6.45) is 0. The fraction of sp³-hybridized carbons (Fsp3) is 0.333. The Hall–Kier alpha value is -0.980. The number of nitrogens with one attached hydrogen (secondary N) is 2. The van der Waals surface area contributed by atoms with Crippen LogP contribution in [-0.2, 0) is 10.0 Å². The number of sulfonamides is 1. The van der Waals surface area contributed by atoms with E-state index in [1.165, 1.54) is 7.05 Å². The van der Waals surface area contributed by atoms with Gasteiger partial charge in [0.1, 0.15) is 0 Å². The van der Waals surface area contributed by atoms with Crippen molar-refractivity contribution in [1.29, 1.82) is 0 Å². The molecule has 0 aliphatic rings. The van der Waals surface area contributed by atoms with E-state index in [1.54, 1.807) is 18.2 Å². The summed E-state index contributed by atoms with van der Waals surface area (Å²) in [4.78, 5) is 0. The minimum Gasteiger partial charge on any atom is -0.397 e. The maximum Gasteiger partial charge on any atom is 0.213 e. The van der Waals surface area contributed by atoms with Gasteiger partial charge in [0.25, 0.3) is 0 Å². The van der Waals surface area contributed by atoms with Crippen LogP contribution >= 0.6 is 11.6 Å². The van der Waals surface area contributed by atoms with Gasteiger partial charge < -0.3 is 11.1 Å². The summed E-state index contributed by atoms with van der Waals surface area (Å²) in [5, 5.41) is 3.37. The lowest BCUT2D eigenvalue weighted by Gasteiger charge is -2.10. The van der Waals surface area contributed by atoms with E-state index >= 15 is 0 Å². The molecule has 0 radical (unpaired) electrons. The van der Waals surface area contributed by atoms with Crippen molar-refractivity contribution in [2.75, 3.05) is 30.4 Å². The van der Waals surface area contributed by atoms with Gasteiger partial charge in [-0.3, -0.25) is 0 Å². The standard InChI is InChI=1S/C9H14ClN3O2S/c1-12-16(14,15)6-5-13-9-7(10)3-2-4-8(9)11/h2-4,12-13H,5-6,11H2,1H3. The first-order valence-corrected chi connectivity index (χ1v) is 6.68. The highest BCUT2D eigenvalue weighted by atomic mass is 35.5. The van der Waals surface area contributed by atoms with Crippen molar-refractivity contribution < 1.29 is 8.42 Å². The van der Waals surface area contributed by atoms with Crippen molar-refractivity contribution in [3.63, 3.8) is 0 Å². The largest absolute Gasteiger partial charge is 0.397 e. The fourth-order valence-electron chi connectivity index (χ4n) is 1.14. The average Bonchev–Trinajstić information content (AvgIpc) is 2.22. The number of nitrogen functional groups attached to an aromatic ring is 1. The Morgan fingerprint density at radius 1 is 1.44 bits per heavy atom. The zero-order chi connectivity index (χ0) is 12.2. The molecule has 0 amide bonds. The van der Waals surface area contributed by atoms with Crippen molar-refractivity contribution in [1.82, 2.24) is 4.72 Å². The van der Waals surface area contributed by atoms with Crippen LogP contribution in [-0.4, -0.2) is 27.8 Å². The number of halogens is 1. The van der Waals surface area contributed by atoms with E-state index in [2.05, 4.69) is 10.0 Å². The molecule has 0 aliphatic heterocycles. The van der Waals surface area contributed by atoms with Crippen LogP contribution in [0, 0.1) is 0 Å². The Balaban J connectivity index is 2.62. The van der Waals surface area contributed by atoms with E-state index in [4.69, 9.17) is 17.3 Å². The van der Waals surface area contributed by atoms with Gasteiger partial charge in [0, 0.05) is 6.54 Å². The van der Waals surface area contributed by atoms with E-state index < -0.39 is 10.0 Å². The van der Waals surface area contributed by atoms with E-state index in [0.29, 0.717) is 16.4 Å². The topological polar surface area (TPSA) is 84.2 Å². The number of nitrogens with two attached hydrogens (primary N) is 1. The molecule has 90 valence electrons. The molecule has 1 rings (SSSR count). The highest BCUT2D eigenvalue weighted by molar-refractivity contribution is 7.89. The summed E-state index contributed by atoms with van der Waals surface area (Å²) in [5.41, 5.74) is 6.75. The quantitative estimate of drug-likeness (QED) is 0.689. The van der Waals surface area contributed by atoms with Gasteiger partial charge in [-0.05, 0) is 19.2 Å². The Labute approximate surface area is 100 Å². The molecule has 4 N–H and O–H groups in total. The molecule has 16 heavy (non-hydrogen) atoms. The number of hydrogen-bond donors (Lipinski definition) is 3. The molecule has 7 heteroatoms. The van der Waals surface area contributed by atoms with Gasteiger partial charge in [-0.2, -0.15) is 0 Å². The van der Waals surface area contributed by atoms with E-state index in [1.807, 2.05) is 0 Å². The number of hydrogen-bond acceptors (Lipinski definition) is 4. The number of benzene rings is 1. The minimum absolute atomic E-state index is 0.0336. The third-order valence-electron chi connectivity index (χ3n) is 2.03. The molecule has 5 nitrogen and oxygen atoms in total. The summed E-state index contributed by atoms with van der Waals surface area (Å²) < 4.78 is 24.5. The van der Waals surface area contributed by atoms with Gasteiger partial charge in [0.05, 0.1) is 22.2 Å².